The van der Waals surface area contributed by atoms with Crippen LogP contribution in [0.5, 0.6) is 0 Å². The van der Waals surface area contributed by atoms with Crippen LogP contribution in [0.3, 0.4) is 0 Å². The van der Waals surface area contributed by atoms with Crippen molar-refractivity contribution in [1.82, 2.24) is 9.88 Å². The standard InChI is InChI=1S/C14H19ClN2/c1-10(2)16-8-7-11-9-17(3)14-12(11)5-4-6-13(14)15/h4-6,9-10,16H,7-8H2,1-3H3. The number of halogens is 1. The predicted molar refractivity (Wildman–Crippen MR) is 74.8 cm³/mol. The Kier molecular flexibility index (Phi) is 3.75. The number of nitrogens with one attached hydrogen (secondary N) is 1. The van der Waals surface area contributed by atoms with Crippen LogP contribution in [0, 0.1) is 0 Å². The SMILES string of the molecule is CC(C)NCCc1cn(C)c2c(Cl)cccc12. The van der Waals surface area contributed by atoms with Gasteiger partial charge in [-0.05, 0) is 24.6 Å². The van der Waals surface area contributed by atoms with Gasteiger partial charge in [0.05, 0.1) is 10.5 Å². The number of nitrogens with zero attached hydrogens (tertiary/aromatic N) is 1. The molecule has 92 valence electrons. The van der Waals surface area contributed by atoms with Crippen LogP contribution in [-0.4, -0.2) is 17.2 Å². The zero-order chi connectivity index (χ0) is 12.4. The molecule has 2 aromatic rings. The molecule has 0 amide bonds. The maximum Gasteiger partial charge on any atom is 0.0669 e. The zero-order valence-electron chi connectivity index (χ0n) is 10.6. The topological polar surface area (TPSA) is 17.0 Å². The number of benzene rings is 1. The van der Waals surface area contributed by atoms with E-state index in [4.69, 9.17) is 11.6 Å². The molecule has 2 rings (SSSR count). The van der Waals surface area contributed by atoms with Crippen molar-refractivity contribution in [2.24, 2.45) is 7.05 Å². The molecule has 0 radical (unpaired) electrons. The molecule has 0 saturated carbocycles. The second-order valence-corrected chi connectivity index (χ2v) is 5.17. The molecule has 0 bridgehead atoms. The molecule has 1 N–H and O–H groups in total. The molecule has 0 saturated heterocycles. The molecule has 0 spiro atoms. The first-order valence-electron chi connectivity index (χ1n) is 6.05. The third kappa shape index (κ3) is 2.64. The van der Waals surface area contributed by atoms with Crippen LogP contribution >= 0.6 is 11.6 Å². The second-order valence-electron chi connectivity index (χ2n) is 4.76. The summed E-state index contributed by atoms with van der Waals surface area (Å²) in [6, 6.07) is 6.64. The highest BCUT2D eigenvalue weighted by Gasteiger charge is 2.08. The van der Waals surface area contributed by atoms with Crippen molar-refractivity contribution < 1.29 is 0 Å². The Morgan fingerprint density at radius 1 is 1.35 bits per heavy atom. The average Bonchev–Trinajstić information content (AvgIpc) is 2.57. The van der Waals surface area contributed by atoms with Crippen molar-refractivity contribution in [1.29, 1.82) is 0 Å². The van der Waals surface area contributed by atoms with E-state index in [0.29, 0.717) is 6.04 Å². The molecule has 1 heterocycles. The molecule has 2 nitrogen and oxygen atoms in total. The lowest BCUT2D eigenvalue weighted by molar-refractivity contribution is 0.591. The van der Waals surface area contributed by atoms with E-state index in [9.17, 15) is 0 Å². The first-order valence-corrected chi connectivity index (χ1v) is 6.43. The van der Waals surface area contributed by atoms with Gasteiger partial charge in [-0.25, -0.2) is 0 Å². The Hall–Kier alpha value is -0.990. The summed E-state index contributed by atoms with van der Waals surface area (Å²) >= 11 is 6.22. The molecule has 1 aromatic heterocycles. The van der Waals surface area contributed by atoms with Crippen molar-refractivity contribution in [3.63, 3.8) is 0 Å². The van der Waals surface area contributed by atoms with Crippen LogP contribution in [0.4, 0.5) is 0 Å². The number of hydrogen-bond donors (Lipinski definition) is 1. The minimum atomic E-state index is 0.536. The van der Waals surface area contributed by atoms with Crippen LogP contribution in [0.25, 0.3) is 10.9 Å². The van der Waals surface area contributed by atoms with Gasteiger partial charge in [0, 0.05) is 24.7 Å². The molecule has 0 fully saturated rings. The molecule has 17 heavy (non-hydrogen) atoms. The fourth-order valence-corrected chi connectivity index (χ4v) is 2.50. The number of aryl methyl sites for hydroxylation is 1. The van der Waals surface area contributed by atoms with Gasteiger partial charge in [-0.2, -0.15) is 0 Å². The van der Waals surface area contributed by atoms with Crippen LogP contribution in [0.1, 0.15) is 19.4 Å². The van der Waals surface area contributed by atoms with Gasteiger partial charge in [-0.3, -0.25) is 0 Å². The summed E-state index contributed by atoms with van der Waals surface area (Å²) in [4.78, 5) is 0. The van der Waals surface area contributed by atoms with E-state index in [2.05, 4.69) is 36.0 Å². The Bertz CT molecular complexity index is 514. The third-order valence-corrected chi connectivity index (χ3v) is 3.29. The van der Waals surface area contributed by atoms with Gasteiger partial charge in [0.25, 0.3) is 0 Å². The largest absolute Gasteiger partial charge is 0.349 e. The molecule has 1 aromatic carbocycles. The summed E-state index contributed by atoms with van der Waals surface area (Å²) in [6.07, 6.45) is 3.22. The highest BCUT2D eigenvalue weighted by Crippen LogP contribution is 2.27. The molecule has 3 heteroatoms. The van der Waals surface area contributed by atoms with E-state index in [1.807, 2.05) is 19.2 Å². The van der Waals surface area contributed by atoms with Gasteiger partial charge < -0.3 is 9.88 Å². The minimum absolute atomic E-state index is 0.536. The van der Waals surface area contributed by atoms with Gasteiger partial charge in [0.1, 0.15) is 0 Å². The number of hydrogen-bond acceptors (Lipinski definition) is 1. The fraction of sp³-hybridized carbons (Fsp3) is 0.429. The molecule has 0 aliphatic rings. The summed E-state index contributed by atoms with van der Waals surface area (Å²) in [6.45, 7) is 5.34. The summed E-state index contributed by atoms with van der Waals surface area (Å²) in [5.74, 6) is 0. The quantitative estimate of drug-likeness (QED) is 0.881. The Morgan fingerprint density at radius 3 is 2.82 bits per heavy atom. The average molecular weight is 251 g/mol. The lowest BCUT2D eigenvalue weighted by atomic mass is 10.1. The van der Waals surface area contributed by atoms with E-state index in [1.54, 1.807) is 0 Å². The Morgan fingerprint density at radius 2 is 2.12 bits per heavy atom. The van der Waals surface area contributed by atoms with Crippen molar-refractivity contribution in [3.8, 4) is 0 Å². The fourth-order valence-electron chi connectivity index (χ4n) is 2.20. The Labute approximate surface area is 108 Å². The van der Waals surface area contributed by atoms with E-state index < -0.39 is 0 Å². The summed E-state index contributed by atoms with van der Waals surface area (Å²) in [5.41, 5.74) is 2.49. The Balaban J connectivity index is 2.26. The van der Waals surface area contributed by atoms with Gasteiger partial charge in [0.15, 0.2) is 0 Å². The number of fused-ring (bicyclic) bond motifs is 1. The highest BCUT2D eigenvalue weighted by atomic mass is 35.5. The monoisotopic (exact) mass is 250 g/mol. The first kappa shape index (κ1) is 12.5. The maximum absolute atomic E-state index is 6.22. The zero-order valence-corrected chi connectivity index (χ0v) is 11.4. The smallest absolute Gasteiger partial charge is 0.0669 e. The van der Waals surface area contributed by atoms with Crippen LogP contribution in [-0.2, 0) is 13.5 Å². The lowest BCUT2D eigenvalue weighted by Crippen LogP contribution is -2.24. The van der Waals surface area contributed by atoms with Crippen LogP contribution in [0.15, 0.2) is 24.4 Å². The molecule has 0 aliphatic heterocycles. The van der Waals surface area contributed by atoms with Gasteiger partial charge in [0.2, 0.25) is 0 Å². The van der Waals surface area contributed by atoms with Crippen LogP contribution < -0.4 is 5.32 Å². The van der Waals surface area contributed by atoms with E-state index in [-0.39, 0.29) is 0 Å². The summed E-state index contributed by atoms with van der Waals surface area (Å²) < 4.78 is 2.11. The first-order chi connectivity index (χ1) is 8.09. The number of para-hydroxylation sites is 1. The van der Waals surface area contributed by atoms with E-state index >= 15 is 0 Å². The molecule has 0 atom stereocenters. The maximum atomic E-state index is 6.22. The summed E-state index contributed by atoms with van der Waals surface area (Å²) in [7, 11) is 2.05. The second kappa shape index (κ2) is 5.11. The lowest BCUT2D eigenvalue weighted by Gasteiger charge is -2.06. The molecular weight excluding hydrogens is 232 g/mol. The molecular formula is C14H19ClN2. The minimum Gasteiger partial charge on any atom is -0.349 e. The van der Waals surface area contributed by atoms with Gasteiger partial charge >= 0.3 is 0 Å². The van der Waals surface area contributed by atoms with Crippen molar-refractivity contribution in [2.45, 2.75) is 26.3 Å². The number of rotatable bonds is 4. The third-order valence-electron chi connectivity index (χ3n) is 2.98. The van der Waals surface area contributed by atoms with Crippen molar-refractivity contribution >= 4 is 22.5 Å². The van der Waals surface area contributed by atoms with E-state index in [0.717, 1.165) is 23.5 Å². The van der Waals surface area contributed by atoms with Gasteiger partial charge in [-0.1, -0.05) is 37.6 Å². The number of aromatic nitrogens is 1. The highest BCUT2D eigenvalue weighted by molar-refractivity contribution is 6.35. The van der Waals surface area contributed by atoms with Crippen molar-refractivity contribution in [3.05, 3.63) is 35.0 Å². The normalized spacial score (nSPS) is 11.6. The molecule has 0 unspecified atom stereocenters. The van der Waals surface area contributed by atoms with Gasteiger partial charge in [-0.15, -0.1) is 0 Å². The van der Waals surface area contributed by atoms with E-state index in [1.165, 1.54) is 10.9 Å². The molecule has 0 aliphatic carbocycles. The van der Waals surface area contributed by atoms with Crippen LogP contribution in [0.2, 0.25) is 5.02 Å². The van der Waals surface area contributed by atoms with Crippen molar-refractivity contribution in [2.75, 3.05) is 6.54 Å². The predicted octanol–water partition coefficient (Wildman–Crippen LogP) is 3.37. The summed E-state index contributed by atoms with van der Waals surface area (Å²) in [5, 5.41) is 5.54.